The minimum Gasteiger partial charge on any atom is -0.378 e. The first-order valence-corrected chi connectivity index (χ1v) is 8.44. The molecule has 1 aromatic carbocycles. The standard InChI is InChI=1S/C13H16ClF2NO2S/c14-9-13(7-1-2-8-13)17-10-3-5-11(6-4-10)20(18,19)12(15)16/h3-6,12,17H,1-2,7-9H2. The highest BCUT2D eigenvalue weighted by Gasteiger charge is 2.33. The summed E-state index contributed by atoms with van der Waals surface area (Å²) in [5.41, 5.74) is 0.519. The molecule has 1 aliphatic rings. The molecule has 7 heteroatoms. The highest BCUT2D eigenvalue weighted by molar-refractivity contribution is 7.91. The van der Waals surface area contributed by atoms with E-state index in [0.717, 1.165) is 25.7 Å². The van der Waals surface area contributed by atoms with Crippen molar-refractivity contribution in [3.8, 4) is 0 Å². The maximum atomic E-state index is 12.4. The second kappa shape index (κ2) is 5.85. The van der Waals surface area contributed by atoms with E-state index in [2.05, 4.69) is 5.32 Å². The zero-order chi connectivity index (χ0) is 14.8. The Morgan fingerprint density at radius 1 is 1.20 bits per heavy atom. The first kappa shape index (κ1) is 15.5. The second-order valence-corrected chi connectivity index (χ2v) is 7.26. The van der Waals surface area contributed by atoms with Crippen LogP contribution in [0.2, 0.25) is 0 Å². The Hall–Kier alpha value is -0.880. The summed E-state index contributed by atoms with van der Waals surface area (Å²) in [6.45, 7) is 0. The van der Waals surface area contributed by atoms with Gasteiger partial charge in [-0.05, 0) is 37.1 Å². The van der Waals surface area contributed by atoms with E-state index in [0.29, 0.717) is 11.6 Å². The van der Waals surface area contributed by atoms with E-state index in [4.69, 9.17) is 11.6 Å². The zero-order valence-corrected chi connectivity index (χ0v) is 12.4. The summed E-state index contributed by atoms with van der Waals surface area (Å²) < 4.78 is 47.5. The number of halogens is 3. The molecular weight excluding hydrogens is 308 g/mol. The van der Waals surface area contributed by atoms with Crippen molar-refractivity contribution in [3.05, 3.63) is 24.3 Å². The van der Waals surface area contributed by atoms with Crippen molar-refractivity contribution >= 4 is 27.1 Å². The van der Waals surface area contributed by atoms with Crippen LogP contribution in [0.3, 0.4) is 0 Å². The molecule has 3 nitrogen and oxygen atoms in total. The predicted octanol–water partition coefficient (Wildman–Crippen LogP) is 3.65. The van der Waals surface area contributed by atoms with Gasteiger partial charge in [0.15, 0.2) is 0 Å². The van der Waals surface area contributed by atoms with Crippen LogP contribution in [0.5, 0.6) is 0 Å². The largest absolute Gasteiger partial charge is 0.378 e. The fraction of sp³-hybridized carbons (Fsp3) is 0.538. The van der Waals surface area contributed by atoms with Crippen LogP contribution in [0.4, 0.5) is 14.5 Å². The summed E-state index contributed by atoms with van der Waals surface area (Å²) in [6, 6.07) is 5.39. The van der Waals surface area contributed by atoms with Gasteiger partial charge < -0.3 is 5.32 Å². The summed E-state index contributed by atoms with van der Waals surface area (Å²) in [6.07, 6.45) is 4.09. The molecule has 0 atom stereocenters. The molecule has 1 aliphatic carbocycles. The van der Waals surface area contributed by atoms with Gasteiger partial charge in [0.05, 0.1) is 10.4 Å². The lowest BCUT2D eigenvalue weighted by atomic mass is 10.00. The molecule has 0 unspecified atom stereocenters. The summed E-state index contributed by atoms with van der Waals surface area (Å²) >= 11 is 6.00. The lowest BCUT2D eigenvalue weighted by Gasteiger charge is -2.29. The van der Waals surface area contributed by atoms with Gasteiger partial charge in [-0.2, -0.15) is 8.78 Å². The van der Waals surface area contributed by atoms with Crippen molar-refractivity contribution in [1.82, 2.24) is 0 Å². The van der Waals surface area contributed by atoms with E-state index < -0.39 is 15.6 Å². The van der Waals surface area contributed by atoms with Crippen LogP contribution in [-0.4, -0.2) is 25.6 Å². The quantitative estimate of drug-likeness (QED) is 0.841. The van der Waals surface area contributed by atoms with E-state index in [1.54, 1.807) is 0 Å². The van der Waals surface area contributed by atoms with Crippen molar-refractivity contribution in [1.29, 1.82) is 0 Å². The van der Waals surface area contributed by atoms with Crippen LogP contribution in [0.1, 0.15) is 25.7 Å². The Kier molecular flexibility index (Phi) is 4.54. The normalized spacial score (nSPS) is 18.4. The molecule has 0 spiro atoms. The molecule has 1 fully saturated rings. The van der Waals surface area contributed by atoms with Gasteiger partial charge in [-0.1, -0.05) is 12.8 Å². The molecule has 1 aromatic rings. The van der Waals surface area contributed by atoms with Crippen LogP contribution in [0, 0.1) is 0 Å². The minimum absolute atomic E-state index is 0.176. The highest BCUT2D eigenvalue weighted by atomic mass is 35.5. The minimum atomic E-state index is -4.53. The monoisotopic (exact) mass is 323 g/mol. The molecule has 2 rings (SSSR count). The first-order chi connectivity index (χ1) is 9.39. The summed E-state index contributed by atoms with van der Waals surface area (Å²) in [5.74, 6) is -2.94. The van der Waals surface area contributed by atoms with Gasteiger partial charge in [0.2, 0.25) is 9.84 Å². The van der Waals surface area contributed by atoms with Crippen molar-refractivity contribution in [2.75, 3.05) is 11.2 Å². The number of rotatable bonds is 5. The molecular formula is C13H16ClF2NO2S. The van der Waals surface area contributed by atoms with Gasteiger partial charge in [-0.3, -0.25) is 0 Å². The molecule has 0 bridgehead atoms. The number of alkyl halides is 3. The lowest BCUT2D eigenvalue weighted by Crippen LogP contribution is -2.36. The highest BCUT2D eigenvalue weighted by Crippen LogP contribution is 2.34. The predicted molar refractivity (Wildman–Crippen MR) is 75.2 cm³/mol. The maximum Gasteiger partial charge on any atom is 0.341 e. The average Bonchev–Trinajstić information content (AvgIpc) is 2.88. The van der Waals surface area contributed by atoms with Crippen LogP contribution in [-0.2, 0) is 9.84 Å². The van der Waals surface area contributed by atoms with Gasteiger partial charge in [-0.25, -0.2) is 8.42 Å². The maximum absolute atomic E-state index is 12.4. The van der Waals surface area contributed by atoms with Crippen LogP contribution in [0.15, 0.2) is 29.2 Å². The fourth-order valence-corrected chi connectivity index (χ4v) is 3.54. The van der Waals surface area contributed by atoms with Crippen LogP contribution >= 0.6 is 11.6 Å². The lowest BCUT2D eigenvalue weighted by molar-refractivity contribution is 0.234. The van der Waals surface area contributed by atoms with Crippen LogP contribution in [0.25, 0.3) is 0 Å². The number of hydrogen-bond donors (Lipinski definition) is 1. The average molecular weight is 324 g/mol. The van der Waals surface area contributed by atoms with E-state index in [-0.39, 0.29) is 10.4 Å². The van der Waals surface area contributed by atoms with Crippen molar-refractivity contribution in [2.24, 2.45) is 0 Å². The second-order valence-electron chi connectivity index (χ2n) is 5.08. The summed E-state index contributed by atoms with van der Waals surface area (Å²) in [7, 11) is -4.53. The van der Waals surface area contributed by atoms with Gasteiger partial charge in [0.1, 0.15) is 0 Å². The Morgan fingerprint density at radius 3 is 2.20 bits per heavy atom. The molecule has 0 saturated heterocycles. The van der Waals surface area contributed by atoms with E-state index in [1.165, 1.54) is 24.3 Å². The third-order valence-corrected chi connectivity index (χ3v) is 5.55. The molecule has 0 heterocycles. The fourth-order valence-electron chi connectivity index (χ4n) is 2.48. The Balaban J connectivity index is 2.17. The third kappa shape index (κ3) is 3.06. The van der Waals surface area contributed by atoms with Crippen LogP contribution < -0.4 is 5.32 Å². The van der Waals surface area contributed by atoms with E-state index >= 15 is 0 Å². The van der Waals surface area contributed by atoms with E-state index in [9.17, 15) is 17.2 Å². The SMILES string of the molecule is O=S(=O)(c1ccc(NC2(CCl)CCCC2)cc1)C(F)F. The Morgan fingerprint density at radius 2 is 1.75 bits per heavy atom. The number of hydrogen-bond acceptors (Lipinski definition) is 3. The van der Waals surface area contributed by atoms with Gasteiger partial charge in [0, 0.05) is 11.6 Å². The molecule has 0 aliphatic heterocycles. The topological polar surface area (TPSA) is 46.2 Å². The molecule has 20 heavy (non-hydrogen) atoms. The Bertz CT molecular complexity index is 554. The number of anilines is 1. The molecule has 0 amide bonds. The summed E-state index contributed by atoms with van der Waals surface area (Å²) in [4.78, 5) is -0.371. The molecule has 1 N–H and O–H groups in total. The molecule has 0 aromatic heterocycles. The first-order valence-electron chi connectivity index (χ1n) is 6.36. The third-order valence-electron chi connectivity index (χ3n) is 3.64. The van der Waals surface area contributed by atoms with E-state index in [1.807, 2.05) is 0 Å². The van der Waals surface area contributed by atoms with Gasteiger partial charge in [0.25, 0.3) is 0 Å². The number of sulfone groups is 1. The van der Waals surface area contributed by atoms with Gasteiger partial charge >= 0.3 is 5.76 Å². The zero-order valence-electron chi connectivity index (χ0n) is 10.8. The number of benzene rings is 1. The Labute approximate surface area is 122 Å². The summed E-state index contributed by atoms with van der Waals surface area (Å²) in [5, 5.41) is 3.30. The smallest absolute Gasteiger partial charge is 0.341 e. The molecule has 112 valence electrons. The van der Waals surface area contributed by atoms with Crippen molar-refractivity contribution in [2.45, 2.75) is 41.9 Å². The van der Waals surface area contributed by atoms with Crippen molar-refractivity contribution in [3.63, 3.8) is 0 Å². The van der Waals surface area contributed by atoms with Gasteiger partial charge in [-0.15, -0.1) is 11.6 Å². The van der Waals surface area contributed by atoms with Crippen molar-refractivity contribution < 1.29 is 17.2 Å². The molecule has 1 saturated carbocycles. The molecule has 0 radical (unpaired) electrons. The number of nitrogens with one attached hydrogen (secondary N) is 1.